The van der Waals surface area contributed by atoms with E-state index in [-0.39, 0.29) is 6.10 Å². The monoisotopic (exact) mass is 409 g/mol. The molecule has 162 valence electrons. The highest BCUT2D eigenvalue weighted by Gasteiger charge is 2.34. The van der Waals surface area contributed by atoms with Gasteiger partial charge < -0.3 is 14.9 Å². The van der Waals surface area contributed by atoms with Crippen LogP contribution in [-0.2, 0) is 0 Å². The molecule has 2 aromatic rings. The van der Waals surface area contributed by atoms with Gasteiger partial charge in [-0.15, -0.1) is 0 Å². The van der Waals surface area contributed by atoms with E-state index in [4.69, 9.17) is 9.97 Å². The number of hydrogen-bond acceptors (Lipinski definition) is 6. The fourth-order valence-electron chi connectivity index (χ4n) is 5.20. The Morgan fingerprint density at radius 1 is 1.07 bits per heavy atom. The second-order valence-corrected chi connectivity index (χ2v) is 9.39. The lowest BCUT2D eigenvalue weighted by atomic mass is 10.1. The van der Waals surface area contributed by atoms with Crippen molar-refractivity contribution in [3.63, 3.8) is 0 Å². The van der Waals surface area contributed by atoms with Gasteiger partial charge in [0.05, 0.1) is 11.6 Å². The second kappa shape index (κ2) is 8.31. The van der Waals surface area contributed by atoms with Gasteiger partial charge in [0.25, 0.3) is 0 Å². The maximum Gasteiger partial charge on any atom is 0.140 e. The molecule has 0 radical (unpaired) electrons. The highest BCUT2D eigenvalue weighted by molar-refractivity contribution is 5.92. The van der Waals surface area contributed by atoms with Crippen molar-refractivity contribution in [1.82, 2.24) is 14.9 Å². The number of piperazine rings is 1. The molecule has 0 spiro atoms. The van der Waals surface area contributed by atoms with Crippen molar-refractivity contribution >= 4 is 22.4 Å². The van der Waals surface area contributed by atoms with Crippen molar-refractivity contribution in [2.75, 3.05) is 49.6 Å². The smallest absolute Gasteiger partial charge is 0.140 e. The molecular formula is C24H35N5O. The molecule has 6 nitrogen and oxygen atoms in total. The van der Waals surface area contributed by atoms with E-state index in [1.54, 1.807) is 0 Å². The van der Waals surface area contributed by atoms with Gasteiger partial charge in [0, 0.05) is 62.8 Å². The van der Waals surface area contributed by atoms with E-state index in [1.807, 2.05) is 0 Å². The molecule has 6 heteroatoms. The largest absolute Gasteiger partial charge is 0.391 e. The highest BCUT2D eigenvalue weighted by Crippen LogP contribution is 2.40. The number of benzene rings is 1. The minimum atomic E-state index is -0.144. The van der Waals surface area contributed by atoms with Crippen LogP contribution in [0.5, 0.6) is 0 Å². The molecule has 3 fully saturated rings. The van der Waals surface area contributed by atoms with Crippen molar-refractivity contribution in [3.05, 3.63) is 24.0 Å². The summed E-state index contributed by atoms with van der Waals surface area (Å²) in [5, 5.41) is 11.5. The summed E-state index contributed by atoms with van der Waals surface area (Å²) in [5.41, 5.74) is 2.31. The summed E-state index contributed by atoms with van der Waals surface area (Å²) in [4.78, 5) is 17.3. The minimum absolute atomic E-state index is 0.144. The topological polar surface area (TPSA) is 55.7 Å². The molecule has 30 heavy (non-hydrogen) atoms. The summed E-state index contributed by atoms with van der Waals surface area (Å²) < 4.78 is 0. The zero-order valence-corrected chi connectivity index (χ0v) is 18.4. The Morgan fingerprint density at radius 2 is 1.87 bits per heavy atom. The van der Waals surface area contributed by atoms with Crippen LogP contribution in [0.15, 0.2) is 18.2 Å². The van der Waals surface area contributed by atoms with Crippen LogP contribution in [0.1, 0.15) is 57.2 Å². The van der Waals surface area contributed by atoms with Crippen molar-refractivity contribution in [2.45, 2.75) is 63.5 Å². The van der Waals surface area contributed by atoms with Gasteiger partial charge in [-0.05, 0) is 56.7 Å². The van der Waals surface area contributed by atoms with Crippen LogP contribution in [0.4, 0.5) is 11.5 Å². The van der Waals surface area contributed by atoms with Crippen LogP contribution in [0.25, 0.3) is 10.9 Å². The lowest BCUT2D eigenvalue weighted by molar-refractivity contribution is 0.0671. The van der Waals surface area contributed by atoms with Crippen LogP contribution >= 0.6 is 0 Å². The first-order valence-corrected chi connectivity index (χ1v) is 11.8. The third-order valence-electron chi connectivity index (χ3n) is 7.15. The third kappa shape index (κ3) is 3.87. The van der Waals surface area contributed by atoms with E-state index in [2.05, 4.69) is 46.9 Å². The zero-order chi connectivity index (χ0) is 20.7. The first-order chi connectivity index (χ1) is 14.6. The number of fused-ring (bicyclic) bond motifs is 1. The van der Waals surface area contributed by atoms with Crippen LogP contribution in [0.2, 0.25) is 0 Å². The maximum atomic E-state index is 10.3. The van der Waals surface area contributed by atoms with E-state index in [9.17, 15) is 5.11 Å². The molecule has 2 atom stereocenters. The Hall–Kier alpha value is -1.92. The minimum Gasteiger partial charge on any atom is -0.391 e. The fraction of sp³-hybridized carbons (Fsp3) is 0.667. The van der Waals surface area contributed by atoms with Crippen molar-refractivity contribution in [1.29, 1.82) is 0 Å². The van der Waals surface area contributed by atoms with Gasteiger partial charge in [-0.2, -0.15) is 0 Å². The van der Waals surface area contributed by atoms with E-state index in [0.717, 1.165) is 75.6 Å². The molecule has 1 aliphatic heterocycles. The first-order valence-electron chi connectivity index (χ1n) is 11.8. The molecule has 1 N–H and O–H groups in total. The Kier molecular flexibility index (Phi) is 5.54. The summed E-state index contributed by atoms with van der Waals surface area (Å²) in [6.45, 7) is 7.20. The number of aliphatic hydroxyl groups is 1. The van der Waals surface area contributed by atoms with Crippen molar-refractivity contribution < 1.29 is 5.11 Å². The lowest BCUT2D eigenvalue weighted by Gasteiger charge is -2.40. The predicted molar refractivity (Wildman–Crippen MR) is 123 cm³/mol. The van der Waals surface area contributed by atoms with Crippen molar-refractivity contribution in [3.8, 4) is 0 Å². The molecule has 2 heterocycles. The number of aliphatic hydroxyl groups excluding tert-OH is 1. The zero-order valence-electron chi connectivity index (χ0n) is 18.4. The molecule has 2 saturated carbocycles. The molecule has 0 amide bonds. The summed E-state index contributed by atoms with van der Waals surface area (Å²) in [6.07, 6.45) is 6.67. The molecule has 2 aliphatic carbocycles. The standard InChI is InChI=1S/C24H35N5O/c1-3-11-27(2)18-9-10-20-19(16-18)24(26-23(25-20)17-7-8-17)29-14-12-28(13-15-29)21-5-4-6-22(21)30/h9-10,16-17,21-22,30H,3-8,11-15H2,1-2H3. The molecule has 2 unspecified atom stereocenters. The number of hydrogen-bond donors (Lipinski definition) is 1. The van der Waals surface area contributed by atoms with Gasteiger partial charge in [0.15, 0.2) is 0 Å². The molecular weight excluding hydrogens is 374 g/mol. The van der Waals surface area contributed by atoms with Gasteiger partial charge >= 0.3 is 0 Å². The number of nitrogens with zero attached hydrogens (tertiary/aromatic N) is 5. The average Bonchev–Trinajstić information content (AvgIpc) is 3.54. The van der Waals surface area contributed by atoms with Crippen LogP contribution in [0.3, 0.4) is 0 Å². The molecule has 5 rings (SSSR count). The Bertz CT molecular complexity index is 891. The molecule has 0 bridgehead atoms. The van der Waals surface area contributed by atoms with E-state index >= 15 is 0 Å². The quantitative estimate of drug-likeness (QED) is 0.789. The van der Waals surface area contributed by atoms with E-state index in [0.29, 0.717) is 12.0 Å². The normalized spacial score (nSPS) is 25.2. The maximum absolute atomic E-state index is 10.3. The molecule has 1 saturated heterocycles. The number of rotatable bonds is 6. The first kappa shape index (κ1) is 20.0. The van der Waals surface area contributed by atoms with E-state index < -0.39 is 0 Å². The van der Waals surface area contributed by atoms with Crippen LogP contribution in [0, 0.1) is 0 Å². The summed E-state index contributed by atoms with van der Waals surface area (Å²) in [6, 6.07) is 7.01. The van der Waals surface area contributed by atoms with Gasteiger partial charge in [-0.25, -0.2) is 9.97 Å². The molecule has 3 aliphatic rings. The van der Waals surface area contributed by atoms with Crippen LogP contribution < -0.4 is 9.80 Å². The molecule has 1 aromatic heterocycles. The highest BCUT2D eigenvalue weighted by atomic mass is 16.3. The SMILES string of the molecule is CCCN(C)c1ccc2nc(C3CC3)nc(N3CCN(C4CCCC4O)CC3)c2c1. The number of anilines is 2. The van der Waals surface area contributed by atoms with Gasteiger partial charge in [-0.3, -0.25) is 4.90 Å². The lowest BCUT2D eigenvalue weighted by Crippen LogP contribution is -2.52. The van der Waals surface area contributed by atoms with E-state index in [1.165, 1.54) is 23.9 Å². The fourth-order valence-corrected chi connectivity index (χ4v) is 5.20. The third-order valence-corrected chi connectivity index (χ3v) is 7.15. The summed E-state index contributed by atoms with van der Waals surface area (Å²) in [7, 11) is 2.16. The predicted octanol–water partition coefficient (Wildman–Crippen LogP) is 3.39. The van der Waals surface area contributed by atoms with Gasteiger partial charge in [-0.1, -0.05) is 6.92 Å². The van der Waals surface area contributed by atoms with Gasteiger partial charge in [0.2, 0.25) is 0 Å². The average molecular weight is 410 g/mol. The molecule has 1 aromatic carbocycles. The Morgan fingerprint density at radius 3 is 2.53 bits per heavy atom. The van der Waals surface area contributed by atoms with Crippen molar-refractivity contribution in [2.24, 2.45) is 0 Å². The Labute approximate surface area is 179 Å². The van der Waals surface area contributed by atoms with Gasteiger partial charge in [0.1, 0.15) is 11.6 Å². The second-order valence-electron chi connectivity index (χ2n) is 9.39. The summed E-state index contributed by atoms with van der Waals surface area (Å²) in [5.74, 6) is 2.69. The Balaban J connectivity index is 1.43. The number of aromatic nitrogens is 2. The summed E-state index contributed by atoms with van der Waals surface area (Å²) >= 11 is 0. The van der Waals surface area contributed by atoms with Crippen LogP contribution in [-0.4, -0.2) is 71.9 Å².